The highest BCUT2D eigenvalue weighted by atomic mass is 15.3. The first kappa shape index (κ1) is 14.5. The molecule has 0 aromatic carbocycles. The molecule has 0 spiro atoms. The summed E-state index contributed by atoms with van der Waals surface area (Å²) in [4.78, 5) is 2.48. The molecule has 4 nitrogen and oxygen atoms in total. The van der Waals surface area contributed by atoms with Crippen molar-refractivity contribution in [1.29, 1.82) is 0 Å². The Morgan fingerprint density at radius 3 is 2.58 bits per heavy atom. The molecule has 1 fully saturated rings. The van der Waals surface area contributed by atoms with Crippen molar-refractivity contribution in [3.05, 3.63) is 17.5 Å². The molecule has 2 N–H and O–H groups in total. The van der Waals surface area contributed by atoms with E-state index >= 15 is 0 Å². The zero-order valence-corrected chi connectivity index (χ0v) is 12.6. The summed E-state index contributed by atoms with van der Waals surface area (Å²) in [6.07, 6.45) is 5.82. The van der Waals surface area contributed by atoms with Gasteiger partial charge in [0, 0.05) is 25.2 Å². The fraction of sp³-hybridized carbons (Fsp3) is 0.800. The van der Waals surface area contributed by atoms with Crippen LogP contribution in [0.4, 0.5) is 0 Å². The molecular weight excluding hydrogens is 236 g/mol. The van der Waals surface area contributed by atoms with Gasteiger partial charge in [-0.25, -0.2) is 0 Å². The number of hydrogen-bond donors (Lipinski definition) is 1. The van der Waals surface area contributed by atoms with Crippen LogP contribution in [-0.2, 0) is 19.5 Å². The summed E-state index contributed by atoms with van der Waals surface area (Å²) in [5.41, 5.74) is 8.53. The third-order valence-corrected chi connectivity index (χ3v) is 4.35. The molecule has 1 aliphatic rings. The second-order valence-electron chi connectivity index (χ2n) is 5.78. The highest BCUT2D eigenvalue weighted by Gasteiger charge is 2.22. The summed E-state index contributed by atoms with van der Waals surface area (Å²) in [7, 11) is 2.24. The number of hydrogen-bond acceptors (Lipinski definition) is 3. The molecule has 0 amide bonds. The molecule has 2 rings (SSSR count). The van der Waals surface area contributed by atoms with E-state index < -0.39 is 0 Å². The lowest BCUT2D eigenvalue weighted by Crippen LogP contribution is -2.38. The van der Waals surface area contributed by atoms with Crippen LogP contribution < -0.4 is 5.73 Å². The van der Waals surface area contributed by atoms with E-state index in [9.17, 15) is 0 Å². The minimum atomic E-state index is 0.428. The summed E-state index contributed by atoms with van der Waals surface area (Å²) in [6, 6.07) is 3.37. The van der Waals surface area contributed by atoms with Crippen LogP contribution in [0, 0.1) is 0 Å². The third-order valence-electron chi connectivity index (χ3n) is 4.35. The van der Waals surface area contributed by atoms with Crippen molar-refractivity contribution in [1.82, 2.24) is 14.7 Å². The van der Waals surface area contributed by atoms with Gasteiger partial charge in [-0.15, -0.1) is 0 Å². The number of rotatable bonds is 5. The fourth-order valence-electron chi connectivity index (χ4n) is 3.02. The van der Waals surface area contributed by atoms with E-state index in [-0.39, 0.29) is 0 Å². The van der Waals surface area contributed by atoms with Crippen molar-refractivity contribution >= 4 is 0 Å². The van der Waals surface area contributed by atoms with Gasteiger partial charge >= 0.3 is 0 Å². The van der Waals surface area contributed by atoms with Crippen LogP contribution in [-0.4, -0.2) is 33.8 Å². The van der Waals surface area contributed by atoms with E-state index in [4.69, 9.17) is 5.73 Å². The first-order valence-corrected chi connectivity index (χ1v) is 7.65. The first-order valence-electron chi connectivity index (χ1n) is 7.65. The van der Waals surface area contributed by atoms with Crippen molar-refractivity contribution < 1.29 is 0 Å². The molecule has 0 unspecified atom stereocenters. The number of aromatic nitrogens is 2. The molecule has 4 heteroatoms. The third kappa shape index (κ3) is 3.57. The molecule has 0 bridgehead atoms. The maximum atomic E-state index is 5.98. The molecule has 0 atom stereocenters. The molecule has 0 saturated heterocycles. The van der Waals surface area contributed by atoms with E-state index in [2.05, 4.69) is 41.6 Å². The van der Waals surface area contributed by atoms with Crippen LogP contribution in [0.1, 0.15) is 50.9 Å². The van der Waals surface area contributed by atoms with Crippen molar-refractivity contribution in [3.63, 3.8) is 0 Å². The van der Waals surface area contributed by atoms with Gasteiger partial charge in [0.05, 0.1) is 11.4 Å². The molecule has 0 radical (unpaired) electrons. The van der Waals surface area contributed by atoms with E-state index in [1.807, 2.05) is 0 Å². The Kier molecular flexibility index (Phi) is 4.99. The SMILES string of the molecule is CCc1cc(CN(C)C2CCC(N)CC2)n(CC)n1. The lowest BCUT2D eigenvalue weighted by atomic mass is 9.91. The minimum Gasteiger partial charge on any atom is -0.328 e. The molecule has 19 heavy (non-hydrogen) atoms. The fourth-order valence-corrected chi connectivity index (χ4v) is 3.02. The van der Waals surface area contributed by atoms with E-state index in [0.717, 1.165) is 19.5 Å². The van der Waals surface area contributed by atoms with Crippen molar-refractivity contribution in [2.75, 3.05) is 7.05 Å². The maximum Gasteiger partial charge on any atom is 0.0625 e. The Morgan fingerprint density at radius 2 is 2.00 bits per heavy atom. The average Bonchev–Trinajstić information content (AvgIpc) is 2.81. The van der Waals surface area contributed by atoms with Crippen molar-refractivity contribution in [3.8, 4) is 0 Å². The Hall–Kier alpha value is -0.870. The van der Waals surface area contributed by atoms with Gasteiger partial charge in [-0.3, -0.25) is 9.58 Å². The minimum absolute atomic E-state index is 0.428. The van der Waals surface area contributed by atoms with Crippen LogP contribution in [0.3, 0.4) is 0 Å². The van der Waals surface area contributed by atoms with Crippen LogP contribution in [0.25, 0.3) is 0 Å². The Bertz CT molecular complexity index is 391. The summed E-state index contributed by atoms with van der Waals surface area (Å²) in [5.74, 6) is 0. The van der Waals surface area contributed by atoms with Gasteiger partial charge in [0.25, 0.3) is 0 Å². The summed E-state index contributed by atoms with van der Waals surface area (Å²) >= 11 is 0. The summed E-state index contributed by atoms with van der Waals surface area (Å²) in [5, 5.41) is 4.63. The number of nitrogens with two attached hydrogens (primary N) is 1. The van der Waals surface area contributed by atoms with Crippen LogP contribution >= 0.6 is 0 Å². The Labute approximate surface area is 117 Å². The van der Waals surface area contributed by atoms with E-state index in [0.29, 0.717) is 12.1 Å². The van der Waals surface area contributed by atoms with E-state index in [1.54, 1.807) is 0 Å². The zero-order chi connectivity index (χ0) is 13.8. The van der Waals surface area contributed by atoms with Crippen LogP contribution in [0.2, 0.25) is 0 Å². The second-order valence-corrected chi connectivity index (χ2v) is 5.78. The summed E-state index contributed by atoms with van der Waals surface area (Å²) < 4.78 is 2.14. The normalized spacial score (nSPS) is 24.1. The van der Waals surface area contributed by atoms with Gasteiger partial charge in [-0.2, -0.15) is 5.10 Å². The highest BCUT2D eigenvalue weighted by molar-refractivity contribution is 5.10. The molecule has 1 aromatic heterocycles. The molecule has 0 aliphatic heterocycles. The van der Waals surface area contributed by atoms with E-state index in [1.165, 1.54) is 37.1 Å². The lowest BCUT2D eigenvalue weighted by molar-refractivity contribution is 0.172. The summed E-state index contributed by atoms with van der Waals surface area (Å²) in [6.45, 7) is 6.29. The smallest absolute Gasteiger partial charge is 0.0625 e. The van der Waals surface area contributed by atoms with Gasteiger partial charge in [0.2, 0.25) is 0 Å². The van der Waals surface area contributed by atoms with Crippen molar-refractivity contribution in [2.45, 2.75) is 71.1 Å². The lowest BCUT2D eigenvalue weighted by Gasteiger charge is -2.33. The van der Waals surface area contributed by atoms with Crippen LogP contribution in [0.15, 0.2) is 6.07 Å². The monoisotopic (exact) mass is 264 g/mol. The number of nitrogens with zero attached hydrogens (tertiary/aromatic N) is 3. The largest absolute Gasteiger partial charge is 0.328 e. The Balaban J connectivity index is 1.98. The van der Waals surface area contributed by atoms with Gasteiger partial charge < -0.3 is 5.73 Å². The quantitative estimate of drug-likeness (QED) is 0.886. The second kappa shape index (κ2) is 6.53. The molecule has 1 aliphatic carbocycles. The average molecular weight is 264 g/mol. The highest BCUT2D eigenvalue weighted by Crippen LogP contribution is 2.22. The van der Waals surface area contributed by atoms with Crippen LogP contribution in [0.5, 0.6) is 0 Å². The van der Waals surface area contributed by atoms with Crippen molar-refractivity contribution in [2.24, 2.45) is 5.73 Å². The predicted molar refractivity (Wildman–Crippen MR) is 79.0 cm³/mol. The molecule has 108 valence electrons. The molecule has 1 heterocycles. The maximum absolute atomic E-state index is 5.98. The zero-order valence-electron chi connectivity index (χ0n) is 12.6. The molecule has 1 saturated carbocycles. The van der Waals surface area contributed by atoms with Gasteiger partial charge in [0.15, 0.2) is 0 Å². The molecule has 1 aromatic rings. The standard InChI is InChI=1S/C15H28N4/c1-4-13-10-15(19(5-2)17-13)11-18(3)14-8-6-12(16)7-9-14/h10,12,14H,4-9,11,16H2,1-3H3. The topological polar surface area (TPSA) is 47.1 Å². The number of aryl methyl sites for hydroxylation is 2. The first-order chi connectivity index (χ1) is 9.13. The Morgan fingerprint density at radius 1 is 1.32 bits per heavy atom. The predicted octanol–water partition coefficient (Wildman–Crippen LogP) is 2.17. The van der Waals surface area contributed by atoms with Gasteiger partial charge in [-0.1, -0.05) is 6.92 Å². The van der Waals surface area contributed by atoms with Gasteiger partial charge in [-0.05, 0) is 52.1 Å². The molecular formula is C15H28N4. The van der Waals surface area contributed by atoms with Gasteiger partial charge in [0.1, 0.15) is 0 Å².